The van der Waals surface area contributed by atoms with Crippen molar-refractivity contribution in [2.75, 3.05) is 20.8 Å². The Kier molecular flexibility index (Phi) is 4.76. The van der Waals surface area contributed by atoms with Gasteiger partial charge in [0.15, 0.2) is 11.5 Å². The molecule has 1 heterocycles. The summed E-state index contributed by atoms with van der Waals surface area (Å²) in [5, 5.41) is -0.179. The lowest BCUT2D eigenvalue weighted by atomic mass is 10.0. The SMILES string of the molecule is COc1cc(Br)c(C(Cl)C2CCCO2)cc1OC. The van der Waals surface area contributed by atoms with E-state index in [4.69, 9.17) is 25.8 Å². The van der Waals surface area contributed by atoms with E-state index in [0.29, 0.717) is 11.5 Å². The molecule has 2 unspecified atom stereocenters. The molecule has 0 aromatic heterocycles. The van der Waals surface area contributed by atoms with E-state index in [1.807, 2.05) is 12.1 Å². The standard InChI is InChI=1S/C13H16BrClO3/c1-16-11-6-8(9(14)7-12(11)17-2)13(15)10-4-3-5-18-10/h6-7,10,13H,3-5H2,1-2H3. The minimum atomic E-state index is -0.179. The second-order valence-electron chi connectivity index (χ2n) is 4.18. The summed E-state index contributed by atoms with van der Waals surface area (Å²) in [7, 11) is 3.23. The lowest BCUT2D eigenvalue weighted by Crippen LogP contribution is -2.13. The molecule has 100 valence electrons. The molecule has 1 aromatic rings. The lowest BCUT2D eigenvalue weighted by molar-refractivity contribution is 0.107. The van der Waals surface area contributed by atoms with Crippen molar-refractivity contribution >= 4 is 27.5 Å². The van der Waals surface area contributed by atoms with Crippen molar-refractivity contribution in [1.29, 1.82) is 0 Å². The van der Waals surface area contributed by atoms with Crippen LogP contribution in [0.1, 0.15) is 23.8 Å². The first-order chi connectivity index (χ1) is 8.67. The van der Waals surface area contributed by atoms with Gasteiger partial charge in [-0.1, -0.05) is 15.9 Å². The number of methoxy groups -OCH3 is 2. The number of hydrogen-bond acceptors (Lipinski definition) is 3. The van der Waals surface area contributed by atoms with Gasteiger partial charge in [-0.3, -0.25) is 0 Å². The summed E-state index contributed by atoms with van der Waals surface area (Å²) in [6, 6.07) is 3.78. The third-order valence-corrected chi connectivity index (χ3v) is 4.29. The lowest BCUT2D eigenvalue weighted by Gasteiger charge is -2.20. The summed E-state index contributed by atoms with van der Waals surface area (Å²) >= 11 is 10.0. The third-order valence-electron chi connectivity index (χ3n) is 3.09. The Morgan fingerprint density at radius 1 is 1.33 bits per heavy atom. The van der Waals surface area contributed by atoms with Crippen molar-refractivity contribution in [3.63, 3.8) is 0 Å². The molecule has 3 nitrogen and oxygen atoms in total. The van der Waals surface area contributed by atoms with Crippen molar-refractivity contribution in [3.05, 3.63) is 22.2 Å². The third kappa shape index (κ3) is 2.76. The zero-order chi connectivity index (χ0) is 13.1. The predicted molar refractivity (Wildman–Crippen MR) is 74.8 cm³/mol. The molecular weight excluding hydrogens is 319 g/mol. The van der Waals surface area contributed by atoms with Crippen LogP contribution >= 0.6 is 27.5 Å². The molecule has 0 radical (unpaired) electrons. The van der Waals surface area contributed by atoms with Crippen LogP contribution in [-0.2, 0) is 4.74 Å². The molecular formula is C13H16BrClO3. The number of hydrogen-bond donors (Lipinski definition) is 0. The molecule has 2 rings (SSSR count). The minimum absolute atomic E-state index is 0.0704. The van der Waals surface area contributed by atoms with Crippen molar-refractivity contribution in [1.82, 2.24) is 0 Å². The molecule has 0 saturated carbocycles. The molecule has 5 heteroatoms. The number of halogens is 2. The largest absolute Gasteiger partial charge is 0.493 e. The molecule has 0 spiro atoms. The van der Waals surface area contributed by atoms with E-state index in [0.717, 1.165) is 29.5 Å². The highest BCUT2D eigenvalue weighted by atomic mass is 79.9. The zero-order valence-corrected chi connectivity index (χ0v) is 12.8. The van der Waals surface area contributed by atoms with Gasteiger partial charge in [0.1, 0.15) is 0 Å². The zero-order valence-electron chi connectivity index (χ0n) is 10.4. The molecule has 1 fully saturated rings. The first kappa shape index (κ1) is 14.0. The fraction of sp³-hybridized carbons (Fsp3) is 0.538. The fourth-order valence-electron chi connectivity index (χ4n) is 2.11. The highest BCUT2D eigenvalue weighted by Gasteiger charge is 2.28. The van der Waals surface area contributed by atoms with Crippen molar-refractivity contribution < 1.29 is 14.2 Å². The molecule has 1 aliphatic rings. The average Bonchev–Trinajstić information content (AvgIpc) is 2.91. The summed E-state index contributed by atoms with van der Waals surface area (Å²) in [5.74, 6) is 1.36. The van der Waals surface area contributed by atoms with E-state index in [1.54, 1.807) is 14.2 Å². The Labute approximate surface area is 120 Å². The number of alkyl halides is 1. The first-order valence-corrected chi connectivity index (χ1v) is 7.07. The summed E-state index contributed by atoms with van der Waals surface area (Å²) < 4.78 is 17.1. The van der Waals surface area contributed by atoms with Crippen LogP contribution in [0.3, 0.4) is 0 Å². The smallest absolute Gasteiger partial charge is 0.161 e. The first-order valence-electron chi connectivity index (χ1n) is 5.84. The highest BCUT2D eigenvalue weighted by Crippen LogP contribution is 2.41. The second kappa shape index (κ2) is 6.13. The van der Waals surface area contributed by atoms with Crippen LogP contribution in [0.15, 0.2) is 16.6 Å². The molecule has 0 bridgehead atoms. The monoisotopic (exact) mass is 334 g/mol. The Hall–Kier alpha value is -0.450. The van der Waals surface area contributed by atoms with E-state index < -0.39 is 0 Å². The van der Waals surface area contributed by atoms with Crippen LogP contribution in [0, 0.1) is 0 Å². The molecule has 1 saturated heterocycles. The van der Waals surface area contributed by atoms with Crippen LogP contribution in [-0.4, -0.2) is 26.9 Å². The van der Waals surface area contributed by atoms with Gasteiger partial charge in [0.25, 0.3) is 0 Å². The molecule has 0 aliphatic carbocycles. The highest BCUT2D eigenvalue weighted by molar-refractivity contribution is 9.10. The quantitative estimate of drug-likeness (QED) is 0.780. The average molecular weight is 336 g/mol. The van der Waals surface area contributed by atoms with Gasteiger partial charge in [0.2, 0.25) is 0 Å². The van der Waals surface area contributed by atoms with Crippen LogP contribution in [0.4, 0.5) is 0 Å². The summed E-state index contributed by atoms with van der Waals surface area (Å²) in [4.78, 5) is 0. The Morgan fingerprint density at radius 3 is 2.56 bits per heavy atom. The number of ether oxygens (including phenoxy) is 3. The fourth-order valence-corrected chi connectivity index (χ4v) is 3.19. The molecule has 1 aliphatic heterocycles. The summed E-state index contributed by atoms with van der Waals surface area (Å²) in [6.07, 6.45) is 2.13. The van der Waals surface area contributed by atoms with Crippen molar-refractivity contribution in [2.24, 2.45) is 0 Å². The van der Waals surface area contributed by atoms with Gasteiger partial charge in [-0.15, -0.1) is 11.6 Å². The van der Waals surface area contributed by atoms with Gasteiger partial charge >= 0.3 is 0 Å². The van der Waals surface area contributed by atoms with Crippen LogP contribution in [0.25, 0.3) is 0 Å². The van der Waals surface area contributed by atoms with Crippen LogP contribution in [0.2, 0.25) is 0 Å². The second-order valence-corrected chi connectivity index (χ2v) is 5.51. The van der Waals surface area contributed by atoms with Gasteiger partial charge in [0, 0.05) is 11.1 Å². The number of rotatable bonds is 4. The summed E-state index contributed by atoms with van der Waals surface area (Å²) in [5.41, 5.74) is 0.973. The maximum absolute atomic E-state index is 6.49. The van der Waals surface area contributed by atoms with Gasteiger partial charge in [0.05, 0.1) is 25.7 Å². The van der Waals surface area contributed by atoms with Gasteiger partial charge in [-0.2, -0.15) is 0 Å². The van der Waals surface area contributed by atoms with E-state index in [2.05, 4.69) is 15.9 Å². The van der Waals surface area contributed by atoms with E-state index in [-0.39, 0.29) is 11.5 Å². The summed E-state index contributed by atoms with van der Waals surface area (Å²) in [6.45, 7) is 0.790. The number of benzene rings is 1. The van der Waals surface area contributed by atoms with E-state index in [1.165, 1.54) is 0 Å². The van der Waals surface area contributed by atoms with Crippen molar-refractivity contribution in [2.45, 2.75) is 24.3 Å². The predicted octanol–water partition coefficient (Wildman–Crippen LogP) is 3.93. The minimum Gasteiger partial charge on any atom is -0.493 e. The molecule has 0 N–H and O–H groups in total. The Morgan fingerprint density at radius 2 is 2.00 bits per heavy atom. The Bertz CT molecular complexity index is 419. The molecule has 18 heavy (non-hydrogen) atoms. The van der Waals surface area contributed by atoms with Gasteiger partial charge in [-0.05, 0) is 30.5 Å². The van der Waals surface area contributed by atoms with Crippen LogP contribution in [0.5, 0.6) is 11.5 Å². The topological polar surface area (TPSA) is 27.7 Å². The molecule has 0 amide bonds. The normalized spacial score (nSPS) is 20.8. The van der Waals surface area contributed by atoms with Crippen LogP contribution < -0.4 is 9.47 Å². The maximum Gasteiger partial charge on any atom is 0.161 e. The molecule has 1 aromatic carbocycles. The maximum atomic E-state index is 6.49. The van der Waals surface area contributed by atoms with Gasteiger partial charge in [-0.25, -0.2) is 0 Å². The van der Waals surface area contributed by atoms with Gasteiger partial charge < -0.3 is 14.2 Å². The van der Waals surface area contributed by atoms with E-state index in [9.17, 15) is 0 Å². The Balaban J connectivity index is 2.31. The van der Waals surface area contributed by atoms with Crippen molar-refractivity contribution in [3.8, 4) is 11.5 Å². The van der Waals surface area contributed by atoms with E-state index >= 15 is 0 Å². The molecule has 2 atom stereocenters.